The van der Waals surface area contributed by atoms with E-state index in [0.29, 0.717) is 31.3 Å². The number of aromatic nitrogens is 3. The molecule has 0 aliphatic heterocycles. The van der Waals surface area contributed by atoms with Crippen molar-refractivity contribution in [3.05, 3.63) is 72.2 Å². The van der Waals surface area contributed by atoms with E-state index in [-0.39, 0.29) is 5.91 Å². The Kier molecular flexibility index (Phi) is 5.95. The van der Waals surface area contributed by atoms with Crippen molar-refractivity contribution < 1.29 is 14.3 Å². The van der Waals surface area contributed by atoms with E-state index in [1.165, 1.54) is 0 Å². The number of ether oxygens (including phenoxy) is 2. The lowest BCUT2D eigenvalue weighted by Crippen LogP contribution is -2.23. The van der Waals surface area contributed by atoms with Crippen molar-refractivity contribution in [1.82, 2.24) is 20.1 Å². The number of hydrogen-bond acceptors (Lipinski definition) is 5. The van der Waals surface area contributed by atoms with Crippen LogP contribution in [0.25, 0.3) is 5.69 Å². The van der Waals surface area contributed by atoms with E-state index in [9.17, 15) is 4.79 Å². The molecular formula is C19H20N4O3. The Balaban J connectivity index is 1.53. The normalized spacial score (nSPS) is 10.5. The first kappa shape index (κ1) is 17.6. The Morgan fingerprint density at radius 2 is 1.96 bits per heavy atom. The minimum absolute atomic E-state index is 0.236. The quantitative estimate of drug-likeness (QED) is 0.629. The molecule has 0 radical (unpaired) electrons. The molecule has 0 spiro atoms. The highest BCUT2D eigenvalue weighted by Gasteiger charge is 2.10. The van der Waals surface area contributed by atoms with Crippen LogP contribution in [-0.2, 0) is 11.3 Å². The lowest BCUT2D eigenvalue weighted by atomic mass is 10.3. The van der Waals surface area contributed by atoms with Crippen LogP contribution in [0.3, 0.4) is 0 Å². The summed E-state index contributed by atoms with van der Waals surface area (Å²) in [6.07, 6.45) is 3.43. The highest BCUT2D eigenvalue weighted by Crippen LogP contribution is 2.09. The van der Waals surface area contributed by atoms with Gasteiger partial charge in [0, 0.05) is 32.1 Å². The van der Waals surface area contributed by atoms with Crippen LogP contribution in [0.2, 0.25) is 0 Å². The maximum atomic E-state index is 12.3. The third-order valence-electron chi connectivity index (χ3n) is 3.63. The van der Waals surface area contributed by atoms with Gasteiger partial charge in [-0.25, -0.2) is 9.67 Å². The van der Waals surface area contributed by atoms with Gasteiger partial charge in [0.05, 0.1) is 12.3 Å². The maximum absolute atomic E-state index is 12.3. The first-order valence-electron chi connectivity index (χ1n) is 8.22. The topological polar surface area (TPSA) is 78.3 Å². The smallest absolute Gasteiger partial charge is 0.272 e. The van der Waals surface area contributed by atoms with Gasteiger partial charge in [0.15, 0.2) is 5.69 Å². The predicted molar refractivity (Wildman–Crippen MR) is 96.3 cm³/mol. The van der Waals surface area contributed by atoms with Gasteiger partial charge in [-0.2, -0.15) is 5.10 Å². The summed E-state index contributed by atoms with van der Waals surface area (Å²) in [4.78, 5) is 16.5. The van der Waals surface area contributed by atoms with E-state index in [1.807, 2.05) is 36.4 Å². The Morgan fingerprint density at radius 1 is 1.12 bits per heavy atom. The Hall–Kier alpha value is -3.19. The molecule has 2 heterocycles. The molecular weight excluding hydrogens is 332 g/mol. The molecule has 134 valence electrons. The second kappa shape index (κ2) is 8.77. The molecule has 1 amide bonds. The molecule has 0 atom stereocenters. The molecule has 3 rings (SSSR count). The summed E-state index contributed by atoms with van der Waals surface area (Å²) in [6.45, 7) is 1.32. The summed E-state index contributed by atoms with van der Waals surface area (Å²) in [5, 5.41) is 7.14. The van der Waals surface area contributed by atoms with Gasteiger partial charge in [-0.05, 0) is 23.8 Å². The number of pyridine rings is 1. The van der Waals surface area contributed by atoms with Gasteiger partial charge in [0.1, 0.15) is 6.61 Å². The van der Waals surface area contributed by atoms with Gasteiger partial charge in [0.25, 0.3) is 5.91 Å². The summed E-state index contributed by atoms with van der Waals surface area (Å²) < 4.78 is 12.0. The first-order valence-corrected chi connectivity index (χ1v) is 8.22. The monoisotopic (exact) mass is 352 g/mol. The lowest BCUT2D eigenvalue weighted by Gasteiger charge is -2.06. The molecule has 7 nitrogen and oxygen atoms in total. The van der Waals surface area contributed by atoms with Crippen LogP contribution in [0.5, 0.6) is 5.88 Å². The zero-order valence-corrected chi connectivity index (χ0v) is 14.5. The highest BCUT2D eigenvalue weighted by molar-refractivity contribution is 5.92. The number of methoxy groups -OCH3 is 1. The van der Waals surface area contributed by atoms with Gasteiger partial charge in [-0.15, -0.1) is 0 Å². The molecule has 3 aromatic rings. The minimum atomic E-state index is -0.236. The van der Waals surface area contributed by atoms with Crippen LogP contribution in [0, 0.1) is 0 Å². The van der Waals surface area contributed by atoms with Crippen molar-refractivity contribution in [3.63, 3.8) is 0 Å². The Morgan fingerprint density at radius 3 is 2.69 bits per heavy atom. The number of para-hydroxylation sites is 1. The van der Waals surface area contributed by atoms with Crippen molar-refractivity contribution >= 4 is 5.91 Å². The number of rotatable bonds is 8. The SMILES string of the molecule is COCCOc1ccc(CNC(=O)c2ccn(-c3ccccc3)n2)cn1. The van der Waals surface area contributed by atoms with Crippen LogP contribution in [0.4, 0.5) is 0 Å². The predicted octanol–water partition coefficient (Wildman–Crippen LogP) is 2.22. The molecule has 0 fully saturated rings. The molecule has 26 heavy (non-hydrogen) atoms. The Labute approximate surface area is 151 Å². The third kappa shape index (κ3) is 4.67. The van der Waals surface area contributed by atoms with Gasteiger partial charge >= 0.3 is 0 Å². The largest absolute Gasteiger partial charge is 0.475 e. The third-order valence-corrected chi connectivity index (χ3v) is 3.63. The number of nitrogens with one attached hydrogen (secondary N) is 1. The van der Waals surface area contributed by atoms with E-state index >= 15 is 0 Å². The van der Waals surface area contributed by atoms with E-state index in [1.54, 1.807) is 36.3 Å². The summed E-state index contributed by atoms with van der Waals surface area (Å²) in [5.41, 5.74) is 2.14. The molecule has 0 aliphatic carbocycles. The fourth-order valence-corrected chi connectivity index (χ4v) is 2.27. The second-order valence-corrected chi connectivity index (χ2v) is 5.51. The number of amides is 1. The van der Waals surface area contributed by atoms with Crippen LogP contribution < -0.4 is 10.1 Å². The summed E-state index contributed by atoms with van der Waals surface area (Å²) >= 11 is 0. The van der Waals surface area contributed by atoms with E-state index in [2.05, 4.69) is 15.4 Å². The van der Waals surface area contributed by atoms with Gasteiger partial charge < -0.3 is 14.8 Å². The van der Waals surface area contributed by atoms with E-state index < -0.39 is 0 Å². The standard InChI is InChI=1S/C19H20N4O3/c1-25-11-12-26-18-8-7-15(13-20-18)14-21-19(24)17-9-10-23(22-17)16-5-3-2-4-6-16/h2-10,13H,11-12,14H2,1H3,(H,21,24). The molecule has 0 saturated heterocycles. The summed E-state index contributed by atoms with van der Waals surface area (Å²) in [5.74, 6) is 0.291. The molecule has 0 saturated carbocycles. The highest BCUT2D eigenvalue weighted by atomic mass is 16.5. The molecule has 0 unspecified atom stereocenters. The van der Waals surface area contributed by atoms with Crippen molar-refractivity contribution in [2.75, 3.05) is 20.3 Å². The fourth-order valence-electron chi connectivity index (χ4n) is 2.27. The molecule has 2 aromatic heterocycles. The first-order chi connectivity index (χ1) is 12.8. The number of benzene rings is 1. The van der Waals surface area contributed by atoms with Crippen molar-refractivity contribution in [2.45, 2.75) is 6.54 Å². The van der Waals surface area contributed by atoms with Gasteiger partial charge in [-0.1, -0.05) is 24.3 Å². The molecule has 7 heteroatoms. The number of hydrogen-bond donors (Lipinski definition) is 1. The molecule has 0 aliphatic rings. The lowest BCUT2D eigenvalue weighted by molar-refractivity contribution is 0.0945. The molecule has 0 bridgehead atoms. The van der Waals surface area contributed by atoms with Gasteiger partial charge in [-0.3, -0.25) is 4.79 Å². The second-order valence-electron chi connectivity index (χ2n) is 5.51. The summed E-state index contributed by atoms with van der Waals surface area (Å²) in [7, 11) is 1.62. The van der Waals surface area contributed by atoms with Crippen LogP contribution in [0.15, 0.2) is 60.9 Å². The number of carbonyl (C=O) groups is 1. The van der Waals surface area contributed by atoms with E-state index in [4.69, 9.17) is 9.47 Å². The maximum Gasteiger partial charge on any atom is 0.272 e. The van der Waals surface area contributed by atoms with Crippen LogP contribution in [-0.4, -0.2) is 41.0 Å². The zero-order chi connectivity index (χ0) is 18.2. The minimum Gasteiger partial charge on any atom is -0.475 e. The molecule has 1 aromatic carbocycles. The van der Waals surface area contributed by atoms with Crippen LogP contribution in [0.1, 0.15) is 16.1 Å². The van der Waals surface area contributed by atoms with Crippen molar-refractivity contribution in [1.29, 1.82) is 0 Å². The fraction of sp³-hybridized carbons (Fsp3) is 0.211. The Bertz CT molecular complexity index is 832. The summed E-state index contributed by atoms with van der Waals surface area (Å²) in [6, 6.07) is 14.9. The van der Waals surface area contributed by atoms with Crippen molar-refractivity contribution in [3.8, 4) is 11.6 Å². The average Bonchev–Trinajstić information content (AvgIpc) is 3.18. The van der Waals surface area contributed by atoms with Gasteiger partial charge in [0.2, 0.25) is 5.88 Å². The van der Waals surface area contributed by atoms with Crippen LogP contribution >= 0.6 is 0 Å². The van der Waals surface area contributed by atoms with E-state index in [0.717, 1.165) is 11.3 Å². The molecule has 1 N–H and O–H groups in total. The number of nitrogens with zero attached hydrogens (tertiary/aromatic N) is 3. The number of carbonyl (C=O) groups excluding carboxylic acids is 1. The average molecular weight is 352 g/mol. The zero-order valence-electron chi connectivity index (χ0n) is 14.5. The van der Waals surface area contributed by atoms with Crippen molar-refractivity contribution in [2.24, 2.45) is 0 Å².